The van der Waals surface area contributed by atoms with Crippen molar-refractivity contribution in [1.29, 1.82) is 0 Å². The summed E-state index contributed by atoms with van der Waals surface area (Å²) in [6.45, 7) is 8.11. The van der Waals surface area contributed by atoms with Gasteiger partial charge >= 0.3 is 0 Å². The van der Waals surface area contributed by atoms with Crippen molar-refractivity contribution in [3.63, 3.8) is 0 Å². The van der Waals surface area contributed by atoms with Gasteiger partial charge in [0.25, 0.3) is 0 Å². The third-order valence-electron chi connectivity index (χ3n) is 4.17. The summed E-state index contributed by atoms with van der Waals surface area (Å²) in [6.07, 6.45) is 7.43. The van der Waals surface area contributed by atoms with Crippen LogP contribution in [-0.4, -0.2) is 19.9 Å². The maximum absolute atomic E-state index is 4.32. The van der Waals surface area contributed by atoms with E-state index in [4.69, 9.17) is 0 Å². The molecule has 29 heavy (non-hydrogen) atoms. The summed E-state index contributed by atoms with van der Waals surface area (Å²) in [7, 11) is 0. The first-order chi connectivity index (χ1) is 13.5. The minimum absolute atomic E-state index is 0. The molecule has 4 nitrogen and oxygen atoms in total. The standard InChI is InChI=1S/2C12H12N2.Cu/c2*1-9-3-5-11(13-7-9)12-6-4-10(2)8-14-12;/h2*3-8H,1-2H3;. The van der Waals surface area contributed by atoms with Gasteiger partial charge in [0, 0.05) is 41.9 Å². The Morgan fingerprint density at radius 1 is 0.379 bits per heavy atom. The third-order valence-corrected chi connectivity index (χ3v) is 4.17. The molecule has 0 aliphatic carbocycles. The number of rotatable bonds is 2. The predicted octanol–water partition coefficient (Wildman–Crippen LogP) is 5.52. The van der Waals surface area contributed by atoms with Crippen molar-refractivity contribution in [2.45, 2.75) is 27.7 Å². The van der Waals surface area contributed by atoms with Crippen LogP contribution in [-0.2, 0) is 17.1 Å². The summed E-state index contributed by atoms with van der Waals surface area (Å²) >= 11 is 0. The fourth-order valence-corrected chi connectivity index (χ4v) is 2.48. The summed E-state index contributed by atoms with van der Waals surface area (Å²) in [6, 6.07) is 16.2. The number of hydrogen-bond acceptors (Lipinski definition) is 4. The molecule has 0 bridgehead atoms. The maximum atomic E-state index is 4.32. The molecule has 4 rings (SSSR count). The fourth-order valence-electron chi connectivity index (χ4n) is 2.48. The first-order valence-corrected chi connectivity index (χ1v) is 9.22. The van der Waals surface area contributed by atoms with Crippen LogP contribution in [0.25, 0.3) is 22.8 Å². The molecule has 4 aromatic rings. The molecular weight excluding hydrogens is 408 g/mol. The van der Waals surface area contributed by atoms with Crippen molar-refractivity contribution in [1.82, 2.24) is 19.9 Å². The maximum Gasteiger partial charge on any atom is 0.0886 e. The van der Waals surface area contributed by atoms with Crippen LogP contribution < -0.4 is 0 Å². The van der Waals surface area contributed by atoms with E-state index < -0.39 is 0 Å². The minimum Gasteiger partial charge on any atom is -0.254 e. The van der Waals surface area contributed by atoms with Gasteiger partial charge in [-0.2, -0.15) is 0 Å². The number of nitrogens with zero attached hydrogens (tertiary/aromatic N) is 4. The molecule has 0 spiro atoms. The number of aromatic nitrogens is 4. The van der Waals surface area contributed by atoms with E-state index in [0.29, 0.717) is 0 Å². The monoisotopic (exact) mass is 431 g/mol. The topological polar surface area (TPSA) is 51.6 Å². The molecule has 0 aliphatic heterocycles. The Bertz CT molecular complexity index is 836. The van der Waals surface area contributed by atoms with Gasteiger partial charge in [-0.25, -0.2) is 0 Å². The second kappa shape index (κ2) is 10.6. The zero-order chi connectivity index (χ0) is 19.9. The van der Waals surface area contributed by atoms with Gasteiger partial charge in [0.1, 0.15) is 0 Å². The Balaban J connectivity index is 0.000000200. The normalized spacial score (nSPS) is 9.79. The molecular formula is C24H24CuN4. The minimum atomic E-state index is 0. The summed E-state index contributed by atoms with van der Waals surface area (Å²) < 4.78 is 0. The van der Waals surface area contributed by atoms with Gasteiger partial charge in [-0.05, 0) is 74.2 Å². The predicted molar refractivity (Wildman–Crippen MR) is 114 cm³/mol. The zero-order valence-electron chi connectivity index (χ0n) is 17.0. The third kappa shape index (κ3) is 6.60. The fraction of sp³-hybridized carbons (Fsp3) is 0.167. The van der Waals surface area contributed by atoms with Crippen molar-refractivity contribution >= 4 is 0 Å². The van der Waals surface area contributed by atoms with Crippen LogP contribution >= 0.6 is 0 Å². The molecule has 0 saturated heterocycles. The molecule has 0 amide bonds. The molecule has 0 aliphatic rings. The second-order valence-corrected chi connectivity index (χ2v) is 6.88. The molecule has 151 valence electrons. The largest absolute Gasteiger partial charge is 0.254 e. The van der Waals surface area contributed by atoms with Gasteiger partial charge in [-0.15, -0.1) is 0 Å². The van der Waals surface area contributed by atoms with E-state index in [9.17, 15) is 0 Å². The van der Waals surface area contributed by atoms with Crippen LogP contribution in [0.5, 0.6) is 0 Å². The molecule has 0 atom stereocenters. The van der Waals surface area contributed by atoms with Gasteiger partial charge in [-0.1, -0.05) is 24.3 Å². The zero-order valence-corrected chi connectivity index (χ0v) is 18.0. The molecule has 0 N–H and O–H groups in total. The second-order valence-electron chi connectivity index (χ2n) is 6.88. The van der Waals surface area contributed by atoms with Crippen LogP contribution in [0.2, 0.25) is 0 Å². The van der Waals surface area contributed by atoms with E-state index >= 15 is 0 Å². The van der Waals surface area contributed by atoms with Crippen LogP contribution in [0, 0.1) is 27.7 Å². The number of hydrogen-bond donors (Lipinski definition) is 0. The average molecular weight is 432 g/mol. The summed E-state index contributed by atoms with van der Waals surface area (Å²) in [5.41, 5.74) is 8.38. The summed E-state index contributed by atoms with van der Waals surface area (Å²) in [5, 5.41) is 0. The van der Waals surface area contributed by atoms with Gasteiger partial charge in [0.2, 0.25) is 0 Å². The summed E-state index contributed by atoms with van der Waals surface area (Å²) in [5.74, 6) is 0. The van der Waals surface area contributed by atoms with Gasteiger partial charge in [-0.3, -0.25) is 19.9 Å². The van der Waals surface area contributed by atoms with Crippen molar-refractivity contribution in [2.75, 3.05) is 0 Å². The first kappa shape index (κ1) is 22.4. The first-order valence-electron chi connectivity index (χ1n) is 9.22. The van der Waals surface area contributed by atoms with Crippen LogP contribution in [0.1, 0.15) is 22.3 Å². The molecule has 0 unspecified atom stereocenters. The van der Waals surface area contributed by atoms with Crippen LogP contribution in [0.15, 0.2) is 73.3 Å². The van der Waals surface area contributed by atoms with Crippen molar-refractivity contribution in [2.24, 2.45) is 0 Å². The van der Waals surface area contributed by atoms with E-state index in [1.54, 1.807) is 0 Å². The van der Waals surface area contributed by atoms with E-state index in [1.807, 2.05) is 101 Å². The molecule has 5 heteroatoms. The van der Waals surface area contributed by atoms with E-state index in [-0.39, 0.29) is 17.1 Å². The number of pyridine rings is 4. The Morgan fingerprint density at radius 2 is 0.586 bits per heavy atom. The van der Waals surface area contributed by atoms with Crippen molar-refractivity contribution < 1.29 is 17.1 Å². The van der Waals surface area contributed by atoms with Gasteiger partial charge < -0.3 is 0 Å². The van der Waals surface area contributed by atoms with E-state index in [0.717, 1.165) is 22.8 Å². The van der Waals surface area contributed by atoms with Crippen molar-refractivity contribution in [3.05, 3.63) is 95.6 Å². The van der Waals surface area contributed by atoms with E-state index in [2.05, 4.69) is 19.9 Å². The summed E-state index contributed by atoms with van der Waals surface area (Å²) in [4.78, 5) is 17.3. The van der Waals surface area contributed by atoms with Crippen LogP contribution in [0.3, 0.4) is 0 Å². The molecule has 4 aromatic heterocycles. The Kier molecular flexibility index (Phi) is 8.20. The molecule has 0 aromatic carbocycles. The van der Waals surface area contributed by atoms with Crippen molar-refractivity contribution in [3.8, 4) is 22.8 Å². The molecule has 4 heterocycles. The Morgan fingerprint density at radius 3 is 0.724 bits per heavy atom. The van der Waals surface area contributed by atoms with Crippen LogP contribution in [0.4, 0.5) is 0 Å². The Hall–Kier alpha value is -2.88. The SMILES string of the molecule is Cc1ccc(-c2ccc(C)cn2)nc1.Cc1ccc(-c2ccc(C)cn2)nc1.[Cu]. The van der Waals surface area contributed by atoms with Gasteiger partial charge in [0.05, 0.1) is 22.8 Å². The Labute approximate surface area is 183 Å². The quantitative estimate of drug-likeness (QED) is 0.392. The van der Waals surface area contributed by atoms with E-state index in [1.165, 1.54) is 22.3 Å². The molecule has 1 radical (unpaired) electrons. The molecule has 0 fully saturated rings. The molecule has 0 saturated carbocycles. The smallest absolute Gasteiger partial charge is 0.0886 e. The average Bonchev–Trinajstić information content (AvgIpc) is 2.71. The van der Waals surface area contributed by atoms with Gasteiger partial charge in [0.15, 0.2) is 0 Å². The number of aryl methyl sites for hydroxylation is 4.